The molecule has 26 heavy (non-hydrogen) atoms. The Morgan fingerprint density at radius 3 is 2.23 bits per heavy atom. The van der Waals surface area contributed by atoms with Crippen LogP contribution in [0.4, 0.5) is 4.79 Å². The smallest absolute Gasteiger partial charge is 0.410 e. The molecule has 3 rings (SSSR count). The molecule has 0 aromatic carbocycles. The van der Waals surface area contributed by atoms with Gasteiger partial charge >= 0.3 is 6.09 Å². The van der Waals surface area contributed by atoms with Gasteiger partial charge in [-0.3, -0.25) is 4.90 Å². The lowest BCUT2D eigenvalue weighted by molar-refractivity contribution is 0.0224. The standard InChI is InChI=1S/C21H39N3O2/c1-20(2,3)26-19(25)23-15-12-21(4,16-23)24-13-10-18(11-14-24)22-17-8-6-5-7-9-17/h17-18,22H,5-16H2,1-4H3. The average molecular weight is 366 g/mol. The van der Waals surface area contributed by atoms with Crippen LogP contribution in [0.1, 0.15) is 79.1 Å². The molecule has 1 N–H and O–H groups in total. The third-order valence-corrected chi connectivity index (χ3v) is 6.44. The minimum atomic E-state index is -0.417. The maximum absolute atomic E-state index is 12.4. The summed E-state index contributed by atoms with van der Waals surface area (Å²) in [7, 11) is 0. The molecule has 0 radical (unpaired) electrons. The van der Waals surface area contributed by atoms with E-state index >= 15 is 0 Å². The number of rotatable bonds is 3. The van der Waals surface area contributed by atoms with Gasteiger partial charge in [0.2, 0.25) is 0 Å². The summed E-state index contributed by atoms with van der Waals surface area (Å²) in [4.78, 5) is 16.9. The molecule has 0 aromatic rings. The molecule has 1 aliphatic carbocycles. The molecule has 1 unspecified atom stereocenters. The Kier molecular flexibility index (Phi) is 6.18. The van der Waals surface area contributed by atoms with Crippen LogP contribution in [0.5, 0.6) is 0 Å². The zero-order chi connectivity index (χ0) is 18.8. The predicted molar refractivity (Wildman–Crippen MR) is 105 cm³/mol. The third kappa shape index (κ3) is 5.13. The van der Waals surface area contributed by atoms with Gasteiger partial charge in [-0.15, -0.1) is 0 Å². The van der Waals surface area contributed by atoms with Crippen molar-refractivity contribution < 1.29 is 9.53 Å². The van der Waals surface area contributed by atoms with Crippen molar-refractivity contribution in [1.82, 2.24) is 15.1 Å². The van der Waals surface area contributed by atoms with Gasteiger partial charge < -0.3 is 15.0 Å². The molecule has 150 valence electrons. The Labute approximate surface area is 159 Å². The largest absolute Gasteiger partial charge is 0.444 e. The van der Waals surface area contributed by atoms with Crippen molar-refractivity contribution in [1.29, 1.82) is 0 Å². The van der Waals surface area contributed by atoms with Crippen molar-refractivity contribution in [3.05, 3.63) is 0 Å². The highest BCUT2D eigenvalue weighted by atomic mass is 16.6. The van der Waals surface area contributed by atoms with Gasteiger partial charge in [0.25, 0.3) is 0 Å². The van der Waals surface area contributed by atoms with Gasteiger partial charge in [0.1, 0.15) is 5.60 Å². The summed E-state index contributed by atoms with van der Waals surface area (Å²) in [6, 6.07) is 1.44. The lowest BCUT2D eigenvalue weighted by atomic mass is 9.91. The number of carbonyl (C=O) groups is 1. The van der Waals surface area contributed by atoms with E-state index < -0.39 is 5.60 Å². The lowest BCUT2D eigenvalue weighted by Gasteiger charge is -2.43. The molecular weight excluding hydrogens is 326 g/mol. The van der Waals surface area contributed by atoms with Crippen LogP contribution < -0.4 is 5.32 Å². The number of hydrogen-bond acceptors (Lipinski definition) is 4. The number of likely N-dealkylation sites (tertiary alicyclic amines) is 2. The molecule has 2 aliphatic heterocycles. The van der Waals surface area contributed by atoms with Crippen LogP contribution >= 0.6 is 0 Å². The summed E-state index contributed by atoms with van der Waals surface area (Å²) >= 11 is 0. The van der Waals surface area contributed by atoms with Crippen molar-refractivity contribution in [3.8, 4) is 0 Å². The summed E-state index contributed by atoms with van der Waals surface area (Å²) < 4.78 is 5.56. The highest BCUT2D eigenvalue weighted by Gasteiger charge is 2.42. The summed E-state index contributed by atoms with van der Waals surface area (Å²) in [5.74, 6) is 0. The van der Waals surface area contributed by atoms with Gasteiger partial charge in [0.15, 0.2) is 0 Å². The second-order valence-corrected chi connectivity index (χ2v) is 9.91. The molecule has 2 heterocycles. The molecule has 1 atom stereocenters. The van der Waals surface area contributed by atoms with E-state index in [9.17, 15) is 4.79 Å². The Hall–Kier alpha value is -0.810. The van der Waals surface area contributed by atoms with Crippen LogP contribution in [-0.2, 0) is 4.74 Å². The topological polar surface area (TPSA) is 44.8 Å². The second-order valence-electron chi connectivity index (χ2n) is 9.91. The number of nitrogens with zero attached hydrogens (tertiary/aromatic N) is 2. The number of nitrogens with one attached hydrogen (secondary N) is 1. The Bertz CT molecular complexity index is 476. The lowest BCUT2D eigenvalue weighted by Crippen LogP contribution is -2.55. The maximum atomic E-state index is 12.4. The van der Waals surface area contributed by atoms with Crippen LogP contribution in [0.2, 0.25) is 0 Å². The molecule has 0 aromatic heterocycles. The Balaban J connectivity index is 1.45. The summed E-state index contributed by atoms with van der Waals surface area (Å²) in [5.41, 5.74) is -0.314. The molecule has 3 fully saturated rings. The number of amides is 1. The quantitative estimate of drug-likeness (QED) is 0.827. The molecular formula is C21H39N3O2. The van der Waals surface area contributed by atoms with Crippen molar-refractivity contribution in [2.24, 2.45) is 0 Å². The van der Waals surface area contributed by atoms with E-state index in [-0.39, 0.29) is 11.6 Å². The molecule has 2 saturated heterocycles. The van der Waals surface area contributed by atoms with Crippen molar-refractivity contribution in [3.63, 3.8) is 0 Å². The van der Waals surface area contributed by atoms with E-state index in [1.807, 2.05) is 25.7 Å². The molecule has 0 spiro atoms. The molecule has 5 heteroatoms. The fraction of sp³-hybridized carbons (Fsp3) is 0.952. The van der Waals surface area contributed by atoms with Gasteiger partial charge in [-0.1, -0.05) is 19.3 Å². The minimum absolute atomic E-state index is 0.104. The zero-order valence-corrected chi connectivity index (χ0v) is 17.4. The van der Waals surface area contributed by atoms with Crippen LogP contribution in [0.25, 0.3) is 0 Å². The minimum Gasteiger partial charge on any atom is -0.444 e. The Morgan fingerprint density at radius 1 is 1.00 bits per heavy atom. The van der Waals surface area contributed by atoms with Gasteiger partial charge in [-0.25, -0.2) is 4.79 Å². The van der Waals surface area contributed by atoms with E-state index in [1.165, 1.54) is 44.9 Å². The highest BCUT2D eigenvalue weighted by molar-refractivity contribution is 5.68. The van der Waals surface area contributed by atoms with Crippen molar-refractivity contribution >= 4 is 6.09 Å². The first-order valence-corrected chi connectivity index (χ1v) is 10.7. The fourth-order valence-electron chi connectivity index (χ4n) is 4.87. The first-order chi connectivity index (χ1) is 12.3. The van der Waals surface area contributed by atoms with E-state index in [1.54, 1.807) is 0 Å². The number of ether oxygens (including phenoxy) is 1. The van der Waals surface area contributed by atoms with Gasteiger partial charge in [-0.2, -0.15) is 0 Å². The van der Waals surface area contributed by atoms with Gasteiger partial charge in [-0.05, 0) is 59.8 Å². The SMILES string of the molecule is CC(C)(C)OC(=O)N1CCC(C)(N2CCC(NC3CCCCC3)CC2)C1. The van der Waals surface area contributed by atoms with E-state index in [2.05, 4.69) is 17.1 Å². The number of carbonyl (C=O) groups excluding carboxylic acids is 1. The second kappa shape index (κ2) is 8.05. The summed E-state index contributed by atoms with van der Waals surface area (Å²) in [6.45, 7) is 12.0. The predicted octanol–water partition coefficient (Wildman–Crippen LogP) is 3.77. The Morgan fingerprint density at radius 2 is 1.62 bits per heavy atom. The highest BCUT2D eigenvalue weighted by Crippen LogP contribution is 2.31. The van der Waals surface area contributed by atoms with Crippen molar-refractivity contribution in [2.75, 3.05) is 26.2 Å². The number of piperidine rings is 1. The zero-order valence-electron chi connectivity index (χ0n) is 17.4. The third-order valence-electron chi connectivity index (χ3n) is 6.44. The van der Waals surface area contributed by atoms with Gasteiger partial charge in [0, 0.05) is 43.8 Å². The fourth-order valence-corrected chi connectivity index (χ4v) is 4.87. The number of hydrogen-bond donors (Lipinski definition) is 1. The normalized spacial score (nSPS) is 29.9. The van der Waals surface area contributed by atoms with Crippen LogP contribution in [0.15, 0.2) is 0 Å². The van der Waals surface area contributed by atoms with Crippen molar-refractivity contribution in [2.45, 2.75) is 102 Å². The summed E-state index contributed by atoms with van der Waals surface area (Å²) in [5, 5.41) is 3.92. The molecule has 1 amide bonds. The molecule has 0 bridgehead atoms. The van der Waals surface area contributed by atoms with E-state index in [0.29, 0.717) is 6.04 Å². The molecule has 5 nitrogen and oxygen atoms in total. The van der Waals surface area contributed by atoms with E-state index in [4.69, 9.17) is 4.74 Å². The summed E-state index contributed by atoms with van der Waals surface area (Å²) in [6.07, 6.45) is 10.3. The van der Waals surface area contributed by atoms with E-state index in [0.717, 1.165) is 38.6 Å². The molecule has 3 aliphatic rings. The van der Waals surface area contributed by atoms with Crippen LogP contribution in [0.3, 0.4) is 0 Å². The maximum Gasteiger partial charge on any atom is 0.410 e. The monoisotopic (exact) mass is 365 g/mol. The van der Waals surface area contributed by atoms with Crippen LogP contribution in [-0.4, -0.2) is 65.3 Å². The first-order valence-electron chi connectivity index (χ1n) is 10.7. The van der Waals surface area contributed by atoms with Crippen LogP contribution in [0, 0.1) is 0 Å². The first kappa shape index (κ1) is 19.9. The average Bonchev–Trinajstić information content (AvgIpc) is 2.99. The molecule has 1 saturated carbocycles. The van der Waals surface area contributed by atoms with Gasteiger partial charge in [0.05, 0.1) is 0 Å².